The van der Waals surface area contributed by atoms with Crippen molar-refractivity contribution in [3.8, 4) is 0 Å². The van der Waals surface area contributed by atoms with Crippen LogP contribution in [0.2, 0.25) is 0 Å². The van der Waals surface area contributed by atoms with Gasteiger partial charge in [-0.05, 0) is 32.6 Å². The number of aliphatic hydroxyl groups is 1. The van der Waals surface area contributed by atoms with E-state index in [-0.39, 0.29) is 18.7 Å². The van der Waals surface area contributed by atoms with Crippen molar-refractivity contribution < 1.29 is 9.90 Å². The van der Waals surface area contributed by atoms with E-state index < -0.39 is 0 Å². The molecule has 2 N–H and O–H groups in total. The van der Waals surface area contributed by atoms with Gasteiger partial charge in [0, 0.05) is 25.7 Å². The number of nitrogens with one attached hydrogen (secondary N) is 1. The number of nitrogens with zero attached hydrogens (tertiary/aromatic N) is 1. The maximum atomic E-state index is 11.6. The predicted octanol–water partition coefficient (Wildman–Crippen LogP) is 0.953. The van der Waals surface area contributed by atoms with Crippen LogP contribution in [0.15, 0.2) is 0 Å². The largest absolute Gasteiger partial charge is 0.396 e. The Balaban J connectivity index is 2.48. The Kier molecular flexibility index (Phi) is 4.73. The van der Waals surface area contributed by atoms with Gasteiger partial charge < -0.3 is 15.3 Å². The minimum atomic E-state index is 0.0191. The van der Waals surface area contributed by atoms with E-state index in [1.54, 1.807) is 0 Å². The highest BCUT2D eigenvalue weighted by Gasteiger charge is 2.25. The summed E-state index contributed by atoms with van der Waals surface area (Å²) >= 11 is 0. The standard InChI is InChI=1S/C10H20N2O2/c1-2-11-10(14)12-7-4-3-5-9(12)6-8-13/h9,13H,2-8H2,1H3,(H,11,14)/t9-/m0/s1. The van der Waals surface area contributed by atoms with Gasteiger partial charge in [-0.25, -0.2) is 4.79 Å². The highest BCUT2D eigenvalue weighted by molar-refractivity contribution is 5.74. The van der Waals surface area contributed by atoms with Crippen LogP contribution >= 0.6 is 0 Å². The van der Waals surface area contributed by atoms with Crippen molar-refractivity contribution >= 4 is 6.03 Å². The van der Waals surface area contributed by atoms with E-state index >= 15 is 0 Å². The first-order valence-corrected chi connectivity index (χ1v) is 5.45. The van der Waals surface area contributed by atoms with Gasteiger partial charge in [-0.1, -0.05) is 0 Å². The number of carbonyl (C=O) groups excluding carboxylic acids is 1. The third kappa shape index (κ3) is 2.87. The summed E-state index contributed by atoms with van der Waals surface area (Å²) in [5, 5.41) is 11.7. The Hall–Kier alpha value is -0.770. The fourth-order valence-electron chi connectivity index (χ4n) is 1.97. The lowest BCUT2D eigenvalue weighted by molar-refractivity contribution is 0.132. The Bertz CT molecular complexity index is 183. The molecule has 0 aromatic rings. The second-order valence-corrected chi connectivity index (χ2v) is 3.69. The summed E-state index contributed by atoms with van der Waals surface area (Å²) in [6.07, 6.45) is 3.98. The fraction of sp³-hybridized carbons (Fsp3) is 0.900. The number of rotatable bonds is 3. The lowest BCUT2D eigenvalue weighted by Crippen LogP contribution is -2.48. The number of piperidine rings is 1. The van der Waals surface area contributed by atoms with Crippen LogP contribution in [-0.2, 0) is 0 Å². The molecule has 0 radical (unpaired) electrons. The molecule has 82 valence electrons. The number of likely N-dealkylation sites (tertiary alicyclic amines) is 1. The molecule has 0 aromatic carbocycles. The van der Waals surface area contributed by atoms with E-state index in [0.29, 0.717) is 13.0 Å². The molecular formula is C10H20N2O2. The molecule has 0 saturated carbocycles. The molecule has 2 amide bonds. The minimum absolute atomic E-state index is 0.0191. The fourth-order valence-corrected chi connectivity index (χ4v) is 1.97. The van der Waals surface area contributed by atoms with Crippen molar-refractivity contribution in [3.63, 3.8) is 0 Å². The summed E-state index contributed by atoms with van der Waals surface area (Å²) in [6.45, 7) is 3.58. The number of amides is 2. The van der Waals surface area contributed by atoms with Crippen molar-refractivity contribution in [2.24, 2.45) is 0 Å². The lowest BCUT2D eigenvalue weighted by Gasteiger charge is -2.35. The van der Waals surface area contributed by atoms with Gasteiger partial charge in [0.2, 0.25) is 0 Å². The Morgan fingerprint density at radius 3 is 3.00 bits per heavy atom. The normalized spacial score (nSPS) is 22.1. The molecule has 1 fully saturated rings. The van der Waals surface area contributed by atoms with Crippen LogP contribution in [0.1, 0.15) is 32.6 Å². The summed E-state index contributed by atoms with van der Waals surface area (Å²) in [5.74, 6) is 0. The van der Waals surface area contributed by atoms with Crippen molar-refractivity contribution in [2.45, 2.75) is 38.6 Å². The minimum Gasteiger partial charge on any atom is -0.396 e. The second-order valence-electron chi connectivity index (χ2n) is 3.69. The van der Waals surface area contributed by atoms with E-state index in [2.05, 4.69) is 5.32 Å². The van der Waals surface area contributed by atoms with Gasteiger partial charge in [0.05, 0.1) is 0 Å². The summed E-state index contributed by atoms with van der Waals surface area (Å²) in [5.41, 5.74) is 0. The molecule has 0 spiro atoms. The van der Waals surface area contributed by atoms with E-state index in [0.717, 1.165) is 19.4 Å². The number of aliphatic hydroxyl groups excluding tert-OH is 1. The summed E-state index contributed by atoms with van der Waals surface area (Å²) < 4.78 is 0. The van der Waals surface area contributed by atoms with E-state index in [1.165, 1.54) is 6.42 Å². The molecule has 14 heavy (non-hydrogen) atoms. The van der Waals surface area contributed by atoms with Crippen LogP contribution in [0.25, 0.3) is 0 Å². The molecule has 4 heteroatoms. The average Bonchev–Trinajstić information content (AvgIpc) is 2.19. The molecule has 1 aliphatic rings. The maximum absolute atomic E-state index is 11.6. The lowest BCUT2D eigenvalue weighted by atomic mass is 10.0. The van der Waals surface area contributed by atoms with Crippen LogP contribution in [-0.4, -0.2) is 41.8 Å². The first-order valence-electron chi connectivity index (χ1n) is 5.45. The molecule has 0 aromatic heterocycles. The molecular weight excluding hydrogens is 180 g/mol. The van der Waals surface area contributed by atoms with Gasteiger partial charge in [-0.2, -0.15) is 0 Å². The van der Waals surface area contributed by atoms with Gasteiger partial charge in [-0.3, -0.25) is 0 Å². The van der Waals surface area contributed by atoms with Crippen LogP contribution in [0.3, 0.4) is 0 Å². The second kappa shape index (κ2) is 5.86. The molecule has 0 unspecified atom stereocenters. The van der Waals surface area contributed by atoms with E-state index in [4.69, 9.17) is 5.11 Å². The van der Waals surface area contributed by atoms with Gasteiger partial charge in [0.25, 0.3) is 0 Å². The zero-order valence-electron chi connectivity index (χ0n) is 8.83. The quantitative estimate of drug-likeness (QED) is 0.712. The third-order valence-electron chi connectivity index (χ3n) is 2.68. The number of hydrogen-bond donors (Lipinski definition) is 2. The van der Waals surface area contributed by atoms with Crippen molar-refractivity contribution in [1.29, 1.82) is 0 Å². The third-order valence-corrected chi connectivity index (χ3v) is 2.68. The zero-order valence-corrected chi connectivity index (χ0v) is 8.83. The highest BCUT2D eigenvalue weighted by Crippen LogP contribution is 2.19. The predicted molar refractivity (Wildman–Crippen MR) is 55.1 cm³/mol. The van der Waals surface area contributed by atoms with Gasteiger partial charge in [0.1, 0.15) is 0 Å². The Morgan fingerprint density at radius 1 is 1.57 bits per heavy atom. The van der Waals surface area contributed by atoms with Crippen LogP contribution in [0, 0.1) is 0 Å². The molecule has 0 bridgehead atoms. The smallest absolute Gasteiger partial charge is 0.317 e. The molecule has 4 nitrogen and oxygen atoms in total. The molecule has 0 aliphatic carbocycles. The highest BCUT2D eigenvalue weighted by atomic mass is 16.3. The van der Waals surface area contributed by atoms with E-state index in [9.17, 15) is 4.79 Å². The average molecular weight is 200 g/mol. The summed E-state index contributed by atoms with van der Waals surface area (Å²) in [4.78, 5) is 13.5. The van der Waals surface area contributed by atoms with Crippen molar-refractivity contribution in [1.82, 2.24) is 10.2 Å². The van der Waals surface area contributed by atoms with Crippen LogP contribution in [0.5, 0.6) is 0 Å². The van der Waals surface area contributed by atoms with Crippen molar-refractivity contribution in [3.05, 3.63) is 0 Å². The number of carbonyl (C=O) groups is 1. The Labute approximate surface area is 85.3 Å². The summed E-state index contributed by atoms with van der Waals surface area (Å²) in [7, 11) is 0. The zero-order chi connectivity index (χ0) is 10.4. The molecule has 1 atom stereocenters. The summed E-state index contributed by atoms with van der Waals surface area (Å²) in [6, 6.07) is 0.256. The number of hydrogen-bond acceptors (Lipinski definition) is 2. The first-order chi connectivity index (χ1) is 6.79. The maximum Gasteiger partial charge on any atom is 0.317 e. The van der Waals surface area contributed by atoms with Gasteiger partial charge in [0.15, 0.2) is 0 Å². The molecule has 1 aliphatic heterocycles. The Morgan fingerprint density at radius 2 is 2.36 bits per heavy atom. The van der Waals surface area contributed by atoms with Crippen LogP contribution < -0.4 is 5.32 Å². The molecule has 1 rings (SSSR count). The first kappa shape index (κ1) is 11.3. The van der Waals surface area contributed by atoms with Crippen molar-refractivity contribution in [2.75, 3.05) is 19.7 Å². The molecule has 1 heterocycles. The molecule has 1 saturated heterocycles. The number of urea groups is 1. The monoisotopic (exact) mass is 200 g/mol. The van der Waals surface area contributed by atoms with E-state index in [1.807, 2.05) is 11.8 Å². The van der Waals surface area contributed by atoms with Crippen LogP contribution in [0.4, 0.5) is 4.79 Å². The topological polar surface area (TPSA) is 52.6 Å². The van der Waals surface area contributed by atoms with Gasteiger partial charge >= 0.3 is 6.03 Å². The van der Waals surface area contributed by atoms with Gasteiger partial charge in [-0.15, -0.1) is 0 Å². The SMILES string of the molecule is CCNC(=O)N1CCCC[C@H]1CCO.